The third kappa shape index (κ3) is 3.44. The van der Waals surface area contributed by atoms with Gasteiger partial charge in [0.1, 0.15) is 0 Å². The number of benzene rings is 1. The van der Waals surface area contributed by atoms with Crippen LogP contribution in [0.5, 0.6) is 0 Å². The molecule has 2 rings (SSSR count). The molecule has 1 saturated heterocycles. The predicted molar refractivity (Wildman–Crippen MR) is 71.3 cm³/mol. The molecule has 0 unspecified atom stereocenters. The number of rotatable bonds is 2. The minimum atomic E-state index is 0.0255. The highest BCUT2D eigenvalue weighted by atomic mass is 79.9. The van der Waals surface area contributed by atoms with Crippen molar-refractivity contribution in [3.63, 3.8) is 0 Å². The third-order valence-electron chi connectivity index (χ3n) is 2.78. The number of ether oxygens (including phenoxy) is 1. The summed E-state index contributed by atoms with van der Waals surface area (Å²) in [6, 6.07) is 5.41. The molecule has 1 fully saturated rings. The summed E-state index contributed by atoms with van der Waals surface area (Å²) in [6.45, 7) is 1.32. The lowest BCUT2D eigenvalue weighted by Gasteiger charge is -2.21. The summed E-state index contributed by atoms with van der Waals surface area (Å²) < 4.78 is 6.12. The average Bonchev–Trinajstić information content (AvgIpc) is 2.34. The largest absolute Gasteiger partial charge is 0.381 e. The first kappa shape index (κ1) is 12.9. The Morgan fingerprint density at radius 2 is 2.12 bits per heavy atom. The van der Waals surface area contributed by atoms with Crippen LogP contribution in [0.4, 0.5) is 5.69 Å². The van der Waals surface area contributed by atoms with Gasteiger partial charge < -0.3 is 10.1 Å². The molecule has 1 aromatic carbocycles. The van der Waals surface area contributed by atoms with E-state index >= 15 is 0 Å². The van der Waals surface area contributed by atoms with Gasteiger partial charge in [0.05, 0.1) is 10.7 Å². The molecule has 0 radical (unpaired) electrons. The van der Waals surface area contributed by atoms with Crippen molar-refractivity contribution in [1.82, 2.24) is 0 Å². The summed E-state index contributed by atoms with van der Waals surface area (Å²) in [6.07, 6.45) is 1.56. The van der Waals surface area contributed by atoms with Crippen LogP contribution in [0.15, 0.2) is 22.7 Å². The smallest absolute Gasteiger partial charge is 0.227 e. The van der Waals surface area contributed by atoms with Gasteiger partial charge >= 0.3 is 0 Å². The highest BCUT2D eigenvalue weighted by Crippen LogP contribution is 2.27. The van der Waals surface area contributed by atoms with Crippen molar-refractivity contribution in [1.29, 1.82) is 0 Å². The first-order valence-corrected chi connectivity index (χ1v) is 6.67. The summed E-state index contributed by atoms with van der Waals surface area (Å²) in [5.74, 6) is 0.0565. The van der Waals surface area contributed by atoms with Gasteiger partial charge in [0.15, 0.2) is 0 Å². The molecule has 5 heteroatoms. The number of halogens is 2. The fraction of sp³-hybridized carbons (Fsp3) is 0.417. The molecule has 1 aliphatic rings. The summed E-state index contributed by atoms with van der Waals surface area (Å²) in [5.41, 5.74) is 0.659. The van der Waals surface area contributed by atoms with Gasteiger partial charge in [0, 0.05) is 23.6 Å². The summed E-state index contributed by atoms with van der Waals surface area (Å²) in [4.78, 5) is 12.0. The maximum Gasteiger partial charge on any atom is 0.227 e. The quantitative estimate of drug-likeness (QED) is 0.907. The van der Waals surface area contributed by atoms with Crippen molar-refractivity contribution in [2.45, 2.75) is 12.8 Å². The van der Waals surface area contributed by atoms with Gasteiger partial charge in [-0.1, -0.05) is 27.5 Å². The molecule has 3 nitrogen and oxygen atoms in total. The number of hydrogen-bond donors (Lipinski definition) is 1. The van der Waals surface area contributed by atoms with Gasteiger partial charge in [0.25, 0.3) is 0 Å². The lowest BCUT2D eigenvalue weighted by molar-refractivity contribution is -0.122. The number of amides is 1. The van der Waals surface area contributed by atoms with Crippen LogP contribution in [0, 0.1) is 5.92 Å². The molecule has 0 spiro atoms. The standard InChI is InChI=1S/C12H13BrClNO2/c13-9-1-2-11(10(14)7-9)15-12(16)8-3-5-17-6-4-8/h1-2,7-8H,3-6H2,(H,15,16). The van der Waals surface area contributed by atoms with Gasteiger partial charge in [-0.15, -0.1) is 0 Å². The second-order valence-corrected chi connectivity index (χ2v) is 5.32. The molecule has 17 heavy (non-hydrogen) atoms. The van der Waals surface area contributed by atoms with Crippen LogP contribution in [-0.2, 0) is 9.53 Å². The molecule has 1 aliphatic heterocycles. The Hall–Kier alpha value is -0.580. The normalized spacial score (nSPS) is 16.8. The Morgan fingerprint density at radius 1 is 1.41 bits per heavy atom. The number of carbonyl (C=O) groups is 1. The second-order valence-electron chi connectivity index (χ2n) is 4.00. The Labute approximate surface area is 114 Å². The van der Waals surface area contributed by atoms with Crippen LogP contribution >= 0.6 is 27.5 Å². The number of anilines is 1. The van der Waals surface area contributed by atoms with Crippen LogP contribution in [0.25, 0.3) is 0 Å². The van der Waals surface area contributed by atoms with Crippen LogP contribution in [-0.4, -0.2) is 19.1 Å². The topological polar surface area (TPSA) is 38.3 Å². The molecular formula is C12H13BrClNO2. The number of carbonyl (C=O) groups excluding carboxylic acids is 1. The third-order valence-corrected chi connectivity index (χ3v) is 3.59. The lowest BCUT2D eigenvalue weighted by Crippen LogP contribution is -2.28. The molecule has 1 aromatic rings. The summed E-state index contributed by atoms with van der Waals surface area (Å²) in [5, 5.41) is 3.40. The molecule has 0 saturated carbocycles. The Morgan fingerprint density at radius 3 is 2.76 bits per heavy atom. The van der Waals surface area contributed by atoms with E-state index in [1.165, 1.54) is 0 Å². The van der Waals surface area contributed by atoms with Gasteiger partial charge in [-0.25, -0.2) is 0 Å². The Bertz CT molecular complexity index is 419. The van der Waals surface area contributed by atoms with Crippen LogP contribution in [0.2, 0.25) is 5.02 Å². The maximum atomic E-state index is 12.0. The van der Waals surface area contributed by atoms with E-state index in [4.69, 9.17) is 16.3 Å². The van der Waals surface area contributed by atoms with E-state index in [1.54, 1.807) is 12.1 Å². The molecule has 0 aromatic heterocycles. The molecule has 1 N–H and O–H groups in total. The first-order chi connectivity index (χ1) is 8.16. The van der Waals surface area contributed by atoms with E-state index in [1.807, 2.05) is 6.07 Å². The first-order valence-electron chi connectivity index (χ1n) is 5.50. The predicted octanol–water partition coefficient (Wildman–Crippen LogP) is 3.47. The highest BCUT2D eigenvalue weighted by molar-refractivity contribution is 9.10. The van der Waals surface area contributed by atoms with E-state index in [9.17, 15) is 4.79 Å². The molecular weight excluding hydrogens is 305 g/mol. The number of hydrogen-bond acceptors (Lipinski definition) is 2. The van der Waals surface area contributed by atoms with E-state index in [2.05, 4.69) is 21.2 Å². The monoisotopic (exact) mass is 317 g/mol. The Kier molecular flexibility index (Phi) is 4.42. The zero-order chi connectivity index (χ0) is 12.3. The van der Waals surface area contributed by atoms with Gasteiger partial charge in [-0.05, 0) is 31.0 Å². The van der Waals surface area contributed by atoms with Crippen LogP contribution in [0.1, 0.15) is 12.8 Å². The molecule has 1 amide bonds. The zero-order valence-electron chi connectivity index (χ0n) is 9.21. The van der Waals surface area contributed by atoms with E-state index < -0.39 is 0 Å². The van der Waals surface area contributed by atoms with Gasteiger partial charge in [-0.3, -0.25) is 4.79 Å². The highest BCUT2D eigenvalue weighted by Gasteiger charge is 2.21. The van der Waals surface area contributed by atoms with Gasteiger partial charge in [0.2, 0.25) is 5.91 Å². The van der Waals surface area contributed by atoms with E-state index in [0.717, 1.165) is 17.3 Å². The SMILES string of the molecule is O=C(Nc1ccc(Br)cc1Cl)C1CCOCC1. The second kappa shape index (κ2) is 5.85. The van der Waals surface area contributed by atoms with Crippen molar-refractivity contribution in [2.24, 2.45) is 5.92 Å². The van der Waals surface area contributed by atoms with Crippen molar-refractivity contribution >= 4 is 39.1 Å². The summed E-state index contributed by atoms with van der Waals surface area (Å²) in [7, 11) is 0. The molecule has 1 heterocycles. The minimum Gasteiger partial charge on any atom is -0.381 e. The van der Waals surface area contributed by atoms with E-state index in [0.29, 0.717) is 23.9 Å². The molecule has 92 valence electrons. The van der Waals surface area contributed by atoms with Crippen molar-refractivity contribution < 1.29 is 9.53 Å². The van der Waals surface area contributed by atoms with Crippen LogP contribution in [0.3, 0.4) is 0 Å². The fourth-order valence-corrected chi connectivity index (χ4v) is 2.51. The molecule has 0 aliphatic carbocycles. The minimum absolute atomic E-state index is 0.0255. The van der Waals surface area contributed by atoms with Crippen molar-refractivity contribution in [2.75, 3.05) is 18.5 Å². The molecule has 0 bridgehead atoms. The molecule has 0 atom stereocenters. The zero-order valence-corrected chi connectivity index (χ0v) is 11.6. The fourth-order valence-electron chi connectivity index (χ4n) is 1.79. The average molecular weight is 319 g/mol. The Balaban J connectivity index is 2.02. The summed E-state index contributed by atoms with van der Waals surface area (Å²) >= 11 is 9.37. The van der Waals surface area contributed by atoms with E-state index in [-0.39, 0.29) is 11.8 Å². The lowest BCUT2D eigenvalue weighted by atomic mass is 9.99. The van der Waals surface area contributed by atoms with Gasteiger partial charge in [-0.2, -0.15) is 0 Å². The maximum absolute atomic E-state index is 12.0. The number of nitrogens with one attached hydrogen (secondary N) is 1. The van der Waals surface area contributed by atoms with Crippen molar-refractivity contribution in [3.05, 3.63) is 27.7 Å². The van der Waals surface area contributed by atoms with Crippen molar-refractivity contribution in [3.8, 4) is 0 Å². The van der Waals surface area contributed by atoms with Crippen LogP contribution < -0.4 is 5.32 Å².